The lowest BCUT2D eigenvalue weighted by atomic mass is 9.81. The lowest BCUT2D eigenvalue weighted by molar-refractivity contribution is 0.00578. The van der Waals surface area contributed by atoms with E-state index in [-0.39, 0.29) is 12.6 Å². The molecule has 124 valence electrons. The zero-order chi connectivity index (χ0) is 16.2. The van der Waals surface area contributed by atoms with E-state index in [1.807, 2.05) is 27.7 Å². The number of anilines is 1. The maximum atomic E-state index is 5.90. The predicted octanol–water partition coefficient (Wildman–Crippen LogP) is 1.86. The summed E-state index contributed by atoms with van der Waals surface area (Å²) in [4.78, 5) is 8.31. The van der Waals surface area contributed by atoms with Gasteiger partial charge in [0.25, 0.3) is 0 Å². The number of nitrogens with one attached hydrogen (secondary N) is 1. The van der Waals surface area contributed by atoms with Gasteiger partial charge in [-0.25, -0.2) is 9.97 Å². The molecule has 0 bridgehead atoms. The zero-order valence-corrected chi connectivity index (χ0v) is 14.2. The van der Waals surface area contributed by atoms with E-state index in [0.29, 0.717) is 5.95 Å². The Morgan fingerprint density at radius 2 is 1.55 bits per heavy atom. The molecule has 1 N–H and O–H groups in total. The van der Waals surface area contributed by atoms with E-state index in [9.17, 15) is 0 Å². The molecule has 22 heavy (non-hydrogen) atoms. The van der Waals surface area contributed by atoms with Crippen molar-refractivity contribution in [3.05, 3.63) is 12.4 Å². The Morgan fingerprint density at radius 3 is 1.91 bits per heavy atom. The molecule has 1 aromatic rings. The van der Waals surface area contributed by atoms with Gasteiger partial charge < -0.3 is 19.4 Å². The zero-order valence-electron chi connectivity index (χ0n) is 14.2. The molecule has 0 atom stereocenters. The number of rotatable bonds is 2. The van der Waals surface area contributed by atoms with Gasteiger partial charge in [0.2, 0.25) is 5.95 Å². The highest BCUT2D eigenvalue weighted by Crippen LogP contribution is 2.36. The fourth-order valence-electron chi connectivity index (χ4n) is 2.08. The van der Waals surface area contributed by atoms with Gasteiger partial charge in [-0.1, -0.05) is 0 Å². The summed E-state index contributed by atoms with van der Waals surface area (Å²) in [6.07, 6.45) is 6.00. The number of aromatic nitrogens is 2. The van der Waals surface area contributed by atoms with E-state index in [1.54, 1.807) is 19.4 Å². The van der Waals surface area contributed by atoms with Crippen molar-refractivity contribution in [1.82, 2.24) is 9.97 Å². The molecule has 0 radical (unpaired) electrons. The summed E-state index contributed by atoms with van der Waals surface area (Å²) in [6, 6.07) is 0. The first-order valence-electron chi connectivity index (χ1n) is 7.79. The number of hydrogen-bond donors (Lipinski definition) is 1. The largest absolute Gasteiger partial charge is 0.498 e. The van der Waals surface area contributed by atoms with Crippen LogP contribution < -0.4 is 10.8 Å². The summed E-state index contributed by atoms with van der Waals surface area (Å²) in [6.45, 7) is 10.1. The molecule has 0 saturated carbocycles. The molecular weight excluding hydrogens is 281 g/mol. The molecule has 3 rings (SSSR count). The molecular formula is C15H28BN3O3. The second kappa shape index (κ2) is 6.94. The monoisotopic (exact) mass is 309 g/mol. The van der Waals surface area contributed by atoms with Crippen LogP contribution >= 0.6 is 0 Å². The third kappa shape index (κ3) is 3.97. The van der Waals surface area contributed by atoms with Crippen molar-refractivity contribution < 1.29 is 15.5 Å². The van der Waals surface area contributed by atoms with Crippen LogP contribution in [0.15, 0.2) is 12.4 Å². The second-order valence-corrected chi connectivity index (χ2v) is 6.50. The molecule has 0 unspecified atom stereocenters. The average molecular weight is 309 g/mol. The van der Waals surface area contributed by atoms with Gasteiger partial charge in [-0.3, -0.25) is 0 Å². The third-order valence-electron chi connectivity index (χ3n) is 4.25. The lowest BCUT2D eigenvalue weighted by Gasteiger charge is -2.32. The fourth-order valence-corrected chi connectivity index (χ4v) is 2.08. The Bertz CT molecular complexity index is 458. The molecule has 2 aliphatic heterocycles. The molecule has 1 aromatic heterocycles. The highest BCUT2D eigenvalue weighted by molar-refractivity contribution is 6.61. The van der Waals surface area contributed by atoms with Crippen LogP contribution in [0.1, 0.15) is 42.0 Å². The van der Waals surface area contributed by atoms with E-state index in [1.165, 1.54) is 12.8 Å². The minimum Gasteiger partial charge on any atom is -0.399 e. The number of hydrogen-bond acceptors (Lipinski definition) is 6. The Balaban J connectivity index is 0.000000377. The standard InChI is InChI=1S/C11H18BN3O2.C4H8O.H2/c1-10(2)11(3,4)17-12(16-10)8-6-14-9(13-5)15-7-8;1-2-4-5-3-1;/h6-7H,1-5H3,(H,13,14,15);1-4H2;1H. The van der Waals surface area contributed by atoms with Gasteiger partial charge in [0.05, 0.1) is 11.2 Å². The van der Waals surface area contributed by atoms with Gasteiger partial charge >= 0.3 is 7.12 Å². The van der Waals surface area contributed by atoms with E-state index in [2.05, 4.69) is 15.3 Å². The molecule has 6 nitrogen and oxygen atoms in total. The Kier molecular flexibility index (Phi) is 5.42. The number of ether oxygens (including phenoxy) is 1. The van der Waals surface area contributed by atoms with Crippen LogP contribution in [0, 0.1) is 0 Å². The molecule has 3 heterocycles. The van der Waals surface area contributed by atoms with Gasteiger partial charge in [0, 0.05) is 39.5 Å². The van der Waals surface area contributed by atoms with Crippen molar-refractivity contribution in [1.29, 1.82) is 0 Å². The van der Waals surface area contributed by atoms with Crippen molar-refractivity contribution >= 4 is 18.5 Å². The van der Waals surface area contributed by atoms with Gasteiger partial charge in [-0.05, 0) is 40.5 Å². The molecule has 2 saturated heterocycles. The molecule has 0 aromatic carbocycles. The van der Waals surface area contributed by atoms with Gasteiger partial charge in [-0.15, -0.1) is 0 Å². The van der Waals surface area contributed by atoms with Crippen molar-refractivity contribution in [2.24, 2.45) is 0 Å². The van der Waals surface area contributed by atoms with Crippen LogP contribution in [0.5, 0.6) is 0 Å². The summed E-state index contributed by atoms with van der Waals surface area (Å²) in [7, 11) is 1.38. The maximum absolute atomic E-state index is 5.90. The topological polar surface area (TPSA) is 65.5 Å². The molecule has 2 fully saturated rings. The Hall–Kier alpha value is -1.18. The summed E-state index contributed by atoms with van der Waals surface area (Å²) in [5, 5.41) is 2.87. The van der Waals surface area contributed by atoms with Crippen LogP contribution in [0.3, 0.4) is 0 Å². The molecule has 0 spiro atoms. The quantitative estimate of drug-likeness (QED) is 0.841. The van der Waals surface area contributed by atoms with Gasteiger partial charge in [0.15, 0.2) is 0 Å². The highest BCUT2D eigenvalue weighted by Gasteiger charge is 2.51. The molecule has 2 aliphatic rings. The third-order valence-corrected chi connectivity index (χ3v) is 4.25. The van der Waals surface area contributed by atoms with Crippen LogP contribution in [-0.4, -0.2) is 48.5 Å². The number of nitrogens with zero attached hydrogens (tertiary/aromatic N) is 2. The minimum atomic E-state index is -0.397. The first kappa shape index (κ1) is 17.2. The summed E-state index contributed by atoms with van der Waals surface area (Å²) in [5.41, 5.74) is 0.168. The van der Waals surface area contributed by atoms with E-state index in [4.69, 9.17) is 14.0 Å². The SMILES string of the molecule is C1CCOC1.CNc1ncc(B2OC(C)(C)C(C)(C)O2)cn1.[HH]. The Morgan fingerprint density at radius 1 is 1.05 bits per heavy atom. The highest BCUT2D eigenvalue weighted by atomic mass is 16.7. The van der Waals surface area contributed by atoms with Crippen LogP contribution in [0.25, 0.3) is 0 Å². The summed E-state index contributed by atoms with van der Waals surface area (Å²) < 4.78 is 16.7. The lowest BCUT2D eigenvalue weighted by Crippen LogP contribution is -2.41. The van der Waals surface area contributed by atoms with Crippen LogP contribution in [0.4, 0.5) is 5.95 Å². The molecule has 0 aliphatic carbocycles. The predicted molar refractivity (Wildman–Crippen MR) is 89.5 cm³/mol. The van der Waals surface area contributed by atoms with Crippen molar-refractivity contribution in [3.8, 4) is 0 Å². The van der Waals surface area contributed by atoms with Crippen LogP contribution in [-0.2, 0) is 14.0 Å². The smallest absolute Gasteiger partial charge is 0.399 e. The van der Waals surface area contributed by atoms with Crippen molar-refractivity contribution in [2.75, 3.05) is 25.6 Å². The first-order chi connectivity index (χ1) is 10.4. The van der Waals surface area contributed by atoms with Crippen LogP contribution in [0.2, 0.25) is 0 Å². The van der Waals surface area contributed by atoms with Crippen molar-refractivity contribution in [3.63, 3.8) is 0 Å². The van der Waals surface area contributed by atoms with E-state index >= 15 is 0 Å². The molecule has 7 heteroatoms. The fraction of sp³-hybridized carbons (Fsp3) is 0.733. The van der Waals surface area contributed by atoms with Crippen molar-refractivity contribution in [2.45, 2.75) is 51.7 Å². The average Bonchev–Trinajstić information content (AvgIpc) is 3.11. The van der Waals surface area contributed by atoms with Gasteiger partial charge in [-0.2, -0.15) is 0 Å². The normalized spacial score (nSPS) is 22.1. The minimum absolute atomic E-state index is 0. The Labute approximate surface area is 134 Å². The summed E-state index contributed by atoms with van der Waals surface area (Å²) >= 11 is 0. The first-order valence-corrected chi connectivity index (χ1v) is 7.79. The summed E-state index contributed by atoms with van der Waals surface area (Å²) in [5.74, 6) is 0.588. The van der Waals surface area contributed by atoms with E-state index < -0.39 is 7.12 Å². The van der Waals surface area contributed by atoms with E-state index in [0.717, 1.165) is 18.7 Å². The second-order valence-electron chi connectivity index (χ2n) is 6.50. The maximum Gasteiger partial charge on any atom is 0.498 e. The van der Waals surface area contributed by atoms with Gasteiger partial charge in [0.1, 0.15) is 0 Å². The molecule has 0 amide bonds.